The summed E-state index contributed by atoms with van der Waals surface area (Å²) in [7, 11) is 0. The van der Waals surface area contributed by atoms with Gasteiger partial charge in [0.25, 0.3) is 0 Å². The van der Waals surface area contributed by atoms with Crippen LogP contribution in [0.25, 0.3) is 11.0 Å². The highest BCUT2D eigenvalue weighted by Crippen LogP contribution is 2.41. The van der Waals surface area contributed by atoms with Crippen molar-refractivity contribution >= 4 is 57.8 Å². The number of allylic oxidation sites excluding steroid dienone is 2. The van der Waals surface area contributed by atoms with Gasteiger partial charge in [0.1, 0.15) is 11.6 Å². The number of benzene rings is 1. The fourth-order valence-electron chi connectivity index (χ4n) is 4.34. The molecule has 8 heteroatoms. The fraction of sp³-hybridized carbons (Fsp3) is 0.429. The summed E-state index contributed by atoms with van der Waals surface area (Å²) in [6.07, 6.45) is 4.12. The Hall–Kier alpha value is -1.69. The molecular weight excluding hydrogens is 433 g/mol. The summed E-state index contributed by atoms with van der Waals surface area (Å²) in [5, 5.41) is 1.93. The van der Waals surface area contributed by atoms with Crippen LogP contribution in [-0.4, -0.2) is 28.1 Å². The van der Waals surface area contributed by atoms with Gasteiger partial charge in [0, 0.05) is 41.6 Å². The Morgan fingerprint density at radius 1 is 1.31 bits per heavy atom. The van der Waals surface area contributed by atoms with Gasteiger partial charge in [0.2, 0.25) is 5.95 Å². The van der Waals surface area contributed by atoms with Gasteiger partial charge in [-0.3, -0.25) is 4.79 Å². The summed E-state index contributed by atoms with van der Waals surface area (Å²) in [5.41, 5.74) is 2.55. The van der Waals surface area contributed by atoms with E-state index in [1.807, 2.05) is 25.1 Å². The minimum Gasteiger partial charge on any atom is -0.458 e. The molecule has 0 fully saturated rings. The van der Waals surface area contributed by atoms with E-state index in [4.69, 9.17) is 44.5 Å². The molecule has 5 nitrogen and oxygen atoms in total. The van der Waals surface area contributed by atoms with Gasteiger partial charge in [0.05, 0.1) is 16.6 Å². The minimum atomic E-state index is -0.346. The average molecular weight is 455 g/mol. The third-order valence-corrected chi connectivity index (χ3v) is 6.39. The highest BCUT2D eigenvalue weighted by atomic mass is 35.5. The number of nitrogens with zero attached hydrogens (tertiary/aromatic N) is 3. The van der Waals surface area contributed by atoms with Gasteiger partial charge in [-0.25, -0.2) is 4.98 Å². The molecule has 2 aliphatic rings. The van der Waals surface area contributed by atoms with E-state index in [9.17, 15) is 4.79 Å². The maximum atomic E-state index is 11.6. The maximum Gasteiger partial charge on any atom is 0.303 e. The van der Waals surface area contributed by atoms with Crippen LogP contribution < -0.4 is 4.90 Å². The zero-order valence-electron chi connectivity index (χ0n) is 16.5. The number of hydrogen-bond acceptors (Lipinski definition) is 4. The van der Waals surface area contributed by atoms with E-state index in [0.717, 1.165) is 30.1 Å². The van der Waals surface area contributed by atoms with E-state index in [1.54, 1.807) is 6.08 Å². The minimum absolute atomic E-state index is 0.0325. The van der Waals surface area contributed by atoms with Gasteiger partial charge in [-0.05, 0) is 18.6 Å². The molecule has 2 aromatic rings. The van der Waals surface area contributed by atoms with Gasteiger partial charge in [-0.15, -0.1) is 0 Å². The summed E-state index contributed by atoms with van der Waals surface area (Å²) in [5.74, 6) is 0.659. The van der Waals surface area contributed by atoms with Crippen LogP contribution in [0.1, 0.15) is 38.9 Å². The molecule has 0 saturated heterocycles. The topological polar surface area (TPSA) is 47.4 Å². The first kappa shape index (κ1) is 20.6. The quantitative estimate of drug-likeness (QED) is 0.549. The standard InChI is InChI=1S/C21H22Cl3N3O2/c1-4-17(29-12(3)28)14-5-6-15(23)18-20(14)27-8-7-26(21(27)25-18)19-11(2)9-13(22)10-16(19)24/h5-6,9-11,17,19H,4,7-8H2,1-3H3. The number of esters is 1. The van der Waals surface area contributed by atoms with E-state index in [1.165, 1.54) is 6.92 Å². The Morgan fingerprint density at radius 2 is 2.07 bits per heavy atom. The van der Waals surface area contributed by atoms with Crippen molar-refractivity contribution in [2.24, 2.45) is 5.92 Å². The van der Waals surface area contributed by atoms with Crippen LogP contribution in [0.5, 0.6) is 0 Å². The number of hydrogen-bond donors (Lipinski definition) is 0. The maximum absolute atomic E-state index is 11.6. The number of rotatable bonds is 4. The van der Waals surface area contributed by atoms with Crippen LogP contribution in [0.2, 0.25) is 5.02 Å². The molecule has 0 radical (unpaired) electrons. The van der Waals surface area contributed by atoms with Crippen LogP contribution in [0, 0.1) is 5.92 Å². The first-order chi connectivity index (χ1) is 13.8. The van der Waals surface area contributed by atoms with Crippen LogP contribution >= 0.6 is 34.8 Å². The first-order valence-corrected chi connectivity index (χ1v) is 10.8. The molecule has 1 aliphatic carbocycles. The van der Waals surface area contributed by atoms with Crippen molar-refractivity contribution in [3.63, 3.8) is 0 Å². The van der Waals surface area contributed by atoms with Gasteiger partial charge in [-0.2, -0.15) is 0 Å². The molecule has 29 heavy (non-hydrogen) atoms. The van der Waals surface area contributed by atoms with Crippen molar-refractivity contribution in [2.45, 2.75) is 45.9 Å². The third kappa shape index (κ3) is 3.54. The lowest BCUT2D eigenvalue weighted by atomic mass is 9.95. The Labute approximate surface area is 184 Å². The normalized spacial score (nSPS) is 22.3. The summed E-state index contributed by atoms with van der Waals surface area (Å²) in [6.45, 7) is 7.04. The number of aromatic nitrogens is 2. The van der Waals surface area contributed by atoms with Gasteiger partial charge >= 0.3 is 5.97 Å². The SMILES string of the molecule is CCC(OC(C)=O)c1ccc(Cl)c2nc3n(c12)CCN3C1C(Cl)=CC(Cl)=CC1C. The van der Waals surface area contributed by atoms with E-state index >= 15 is 0 Å². The van der Waals surface area contributed by atoms with Crippen LogP contribution in [0.3, 0.4) is 0 Å². The van der Waals surface area contributed by atoms with Crippen molar-refractivity contribution in [3.05, 3.63) is 44.9 Å². The molecule has 0 amide bonds. The molecule has 4 rings (SSSR count). The predicted octanol–water partition coefficient (Wildman–Crippen LogP) is 5.79. The molecule has 0 N–H and O–H groups in total. The Bertz CT molecular complexity index is 1040. The first-order valence-electron chi connectivity index (χ1n) is 9.68. The van der Waals surface area contributed by atoms with Crippen molar-refractivity contribution in [1.82, 2.24) is 9.55 Å². The monoisotopic (exact) mass is 453 g/mol. The molecule has 2 heterocycles. The molecule has 1 aromatic carbocycles. The fourth-order valence-corrected chi connectivity index (χ4v) is 5.34. The zero-order valence-corrected chi connectivity index (χ0v) is 18.7. The van der Waals surface area contributed by atoms with E-state index in [2.05, 4.69) is 16.4 Å². The number of ether oxygens (including phenoxy) is 1. The highest BCUT2D eigenvalue weighted by Gasteiger charge is 2.36. The molecule has 0 bridgehead atoms. The smallest absolute Gasteiger partial charge is 0.303 e. The van der Waals surface area contributed by atoms with E-state index < -0.39 is 0 Å². The Kier molecular flexibility index (Phi) is 5.58. The van der Waals surface area contributed by atoms with Crippen LogP contribution in [-0.2, 0) is 16.1 Å². The molecule has 0 spiro atoms. The molecule has 154 valence electrons. The second kappa shape index (κ2) is 7.86. The lowest BCUT2D eigenvalue weighted by Crippen LogP contribution is -2.40. The second-order valence-electron chi connectivity index (χ2n) is 7.48. The molecule has 1 aromatic heterocycles. The largest absolute Gasteiger partial charge is 0.458 e. The lowest BCUT2D eigenvalue weighted by molar-refractivity contribution is -0.146. The van der Waals surface area contributed by atoms with Gasteiger partial charge in [-0.1, -0.05) is 60.8 Å². The van der Waals surface area contributed by atoms with Crippen molar-refractivity contribution in [2.75, 3.05) is 11.4 Å². The Balaban J connectivity index is 1.83. The second-order valence-corrected chi connectivity index (χ2v) is 8.76. The molecular formula is C21H22Cl3N3O2. The molecule has 3 unspecified atom stereocenters. The summed E-state index contributed by atoms with van der Waals surface area (Å²) < 4.78 is 7.71. The van der Waals surface area contributed by atoms with Crippen molar-refractivity contribution < 1.29 is 9.53 Å². The predicted molar refractivity (Wildman–Crippen MR) is 118 cm³/mol. The summed E-state index contributed by atoms with van der Waals surface area (Å²) in [6, 6.07) is 3.71. The third-order valence-electron chi connectivity index (χ3n) is 5.52. The molecule has 1 aliphatic heterocycles. The molecule has 3 atom stereocenters. The zero-order chi connectivity index (χ0) is 20.9. The molecule has 0 saturated carbocycles. The number of imidazole rings is 1. The van der Waals surface area contributed by atoms with Crippen LogP contribution in [0.15, 0.2) is 34.3 Å². The number of carbonyl (C=O) groups excluding carboxylic acids is 1. The van der Waals surface area contributed by atoms with E-state index in [0.29, 0.717) is 27.0 Å². The number of carbonyl (C=O) groups is 1. The lowest BCUT2D eigenvalue weighted by Gasteiger charge is -2.33. The number of halogens is 3. The van der Waals surface area contributed by atoms with Crippen molar-refractivity contribution in [3.8, 4) is 0 Å². The number of anilines is 1. The van der Waals surface area contributed by atoms with Crippen LogP contribution in [0.4, 0.5) is 5.95 Å². The average Bonchev–Trinajstić information content (AvgIpc) is 3.20. The highest BCUT2D eigenvalue weighted by molar-refractivity contribution is 6.36. The summed E-state index contributed by atoms with van der Waals surface area (Å²) >= 11 is 19.3. The van der Waals surface area contributed by atoms with Gasteiger partial charge < -0.3 is 14.2 Å². The Morgan fingerprint density at radius 3 is 2.72 bits per heavy atom. The summed E-state index contributed by atoms with van der Waals surface area (Å²) in [4.78, 5) is 18.7. The number of fused-ring (bicyclic) bond motifs is 3. The van der Waals surface area contributed by atoms with Gasteiger partial charge in [0.15, 0.2) is 0 Å². The van der Waals surface area contributed by atoms with Crippen molar-refractivity contribution in [1.29, 1.82) is 0 Å². The van der Waals surface area contributed by atoms with E-state index in [-0.39, 0.29) is 24.0 Å².